The summed E-state index contributed by atoms with van der Waals surface area (Å²) < 4.78 is 17.9. The summed E-state index contributed by atoms with van der Waals surface area (Å²) in [6.07, 6.45) is 0. The Hall–Kier alpha value is -3.46. The highest BCUT2D eigenvalue weighted by Crippen LogP contribution is 2.25. The van der Waals surface area contributed by atoms with Crippen LogP contribution in [0.15, 0.2) is 47.8 Å². The topological polar surface area (TPSA) is 115 Å². The quantitative estimate of drug-likeness (QED) is 0.352. The Morgan fingerprint density at radius 2 is 1.96 bits per heavy atom. The fourth-order valence-corrected chi connectivity index (χ4v) is 2.91. The molecule has 4 N–H and O–H groups in total. The molecular weight excluding hydrogens is 373 g/mol. The highest BCUT2D eigenvalue weighted by Gasteiger charge is 2.15. The lowest BCUT2D eigenvalue weighted by atomic mass is 10.2. The number of esters is 1. The molecule has 3 rings (SSSR count). The monoisotopic (exact) mass is 387 g/mol. The molecule has 0 aliphatic carbocycles. The summed E-state index contributed by atoms with van der Waals surface area (Å²) in [5.74, 6) is -1.90. The molecule has 7 nitrogen and oxygen atoms in total. The SMILES string of the molecule is Nc1ccc(O)cc1C(=O)OCC(=O)Nc1nc(-c2ccc(F)cc2)cs1. The van der Waals surface area contributed by atoms with Gasteiger partial charge >= 0.3 is 5.97 Å². The van der Waals surface area contributed by atoms with E-state index in [0.717, 1.165) is 6.07 Å². The van der Waals surface area contributed by atoms with E-state index in [1.807, 2.05) is 0 Å². The van der Waals surface area contributed by atoms with E-state index in [0.29, 0.717) is 16.4 Å². The largest absolute Gasteiger partial charge is 0.508 e. The standard InChI is InChI=1S/C18H14FN3O4S/c19-11-3-1-10(2-4-11)15-9-27-18(21-15)22-16(24)8-26-17(25)13-7-12(23)5-6-14(13)20/h1-7,9,23H,8,20H2,(H,21,22,24). The van der Waals surface area contributed by atoms with Crippen LogP contribution in [0.5, 0.6) is 5.75 Å². The normalized spacial score (nSPS) is 10.4. The Kier molecular flexibility index (Phi) is 5.32. The van der Waals surface area contributed by atoms with Gasteiger partial charge in [-0.1, -0.05) is 0 Å². The summed E-state index contributed by atoms with van der Waals surface area (Å²) in [6.45, 7) is -0.542. The molecule has 3 aromatic rings. The maximum Gasteiger partial charge on any atom is 0.340 e. The summed E-state index contributed by atoms with van der Waals surface area (Å²) in [4.78, 5) is 28.1. The number of nitrogens with zero attached hydrogens (tertiary/aromatic N) is 1. The summed E-state index contributed by atoms with van der Waals surface area (Å²) in [7, 11) is 0. The fourth-order valence-electron chi connectivity index (χ4n) is 2.17. The number of hydrogen-bond acceptors (Lipinski definition) is 7. The molecule has 1 heterocycles. The van der Waals surface area contributed by atoms with Gasteiger partial charge in [-0.15, -0.1) is 11.3 Å². The van der Waals surface area contributed by atoms with Crippen molar-refractivity contribution in [3.63, 3.8) is 0 Å². The number of carbonyl (C=O) groups excluding carboxylic acids is 2. The zero-order valence-corrected chi connectivity index (χ0v) is 14.6. The number of phenolic OH excluding ortho intramolecular Hbond substituents is 1. The first kappa shape index (κ1) is 18.3. The molecule has 1 amide bonds. The minimum absolute atomic E-state index is 0.0318. The molecule has 0 radical (unpaired) electrons. The van der Waals surface area contributed by atoms with Gasteiger partial charge < -0.3 is 15.6 Å². The molecule has 1 aromatic heterocycles. The maximum absolute atomic E-state index is 13.0. The molecule has 0 spiro atoms. The van der Waals surface area contributed by atoms with E-state index < -0.39 is 18.5 Å². The molecule has 2 aromatic carbocycles. The summed E-state index contributed by atoms with van der Waals surface area (Å²) in [5.41, 5.74) is 7.03. The maximum atomic E-state index is 13.0. The van der Waals surface area contributed by atoms with Gasteiger partial charge in [-0.3, -0.25) is 10.1 Å². The molecule has 0 atom stereocenters. The number of amides is 1. The third-order valence-electron chi connectivity index (χ3n) is 3.48. The second kappa shape index (κ2) is 7.83. The second-order valence-corrected chi connectivity index (χ2v) is 6.30. The minimum atomic E-state index is -0.829. The smallest absolute Gasteiger partial charge is 0.340 e. The first-order valence-corrected chi connectivity index (χ1v) is 8.57. The average Bonchev–Trinajstić information content (AvgIpc) is 3.10. The van der Waals surface area contributed by atoms with Gasteiger partial charge in [0.1, 0.15) is 11.6 Å². The number of benzene rings is 2. The number of nitrogens with one attached hydrogen (secondary N) is 1. The highest BCUT2D eigenvalue weighted by atomic mass is 32.1. The molecule has 0 aliphatic heterocycles. The van der Waals surface area contributed by atoms with E-state index in [2.05, 4.69) is 10.3 Å². The van der Waals surface area contributed by atoms with Gasteiger partial charge in [-0.25, -0.2) is 14.2 Å². The number of aromatic hydroxyl groups is 1. The van der Waals surface area contributed by atoms with Gasteiger partial charge in [0.05, 0.1) is 11.3 Å². The van der Waals surface area contributed by atoms with Gasteiger partial charge in [0.15, 0.2) is 11.7 Å². The Balaban J connectivity index is 1.57. The van der Waals surface area contributed by atoms with Crippen molar-refractivity contribution < 1.29 is 23.8 Å². The predicted molar refractivity (Wildman–Crippen MR) is 98.9 cm³/mol. The average molecular weight is 387 g/mol. The van der Waals surface area contributed by atoms with E-state index in [4.69, 9.17) is 10.5 Å². The molecule has 27 heavy (non-hydrogen) atoms. The zero-order chi connectivity index (χ0) is 19.4. The van der Waals surface area contributed by atoms with Crippen LogP contribution in [0.3, 0.4) is 0 Å². The zero-order valence-electron chi connectivity index (χ0n) is 13.8. The first-order valence-electron chi connectivity index (χ1n) is 7.69. The van der Waals surface area contributed by atoms with Crippen molar-refractivity contribution in [2.75, 3.05) is 17.7 Å². The van der Waals surface area contributed by atoms with E-state index in [9.17, 15) is 19.1 Å². The van der Waals surface area contributed by atoms with Crippen LogP contribution in [0.1, 0.15) is 10.4 Å². The molecule has 9 heteroatoms. The number of nitrogens with two attached hydrogens (primary N) is 1. The molecular formula is C18H14FN3O4S. The lowest BCUT2D eigenvalue weighted by molar-refractivity contribution is -0.119. The number of halogens is 1. The van der Waals surface area contributed by atoms with Crippen LogP contribution in [0.4, 0.5) is 15.2 Å². The van der Waals surface area contributed by atoms with E-state index in [1.54, 1.807) is 17.5 Å². The van der Waals surface area contributed by atoms with Crippen molar-refractivity contribution in [1.29, 1.82) is 0 Å². The van der Waals surface area contributed by atoms with Gasteiger partial charge in [-0.2, -0.15) is 0 Å². The van der Waals surface area contributed by atoms with E-state index >= 15 is 0 Å². The molecule has 0 aliphatic rings. The van der Waals surface area contributed by atoms with Crippen molar-refractivity contribution in [3.8, 4) is 17.0 Å². The van der Waals surface area contributed by atoms with Crippen LogP contribution < -0.4 is 11.1 Å². The van der Waals surface area contributed by atoms with Crippen molar-refractivity contribution in [1.82, 2.24) is 4.98 Å². The highest BCUT2D eigenvalue weighted by molar-refractivity contribution is 7.14. The Labute approximate surface area is 157 Å². The number of thiazole rings is 1. The summed E-state index contributed by atoms with van der Waals surface area (Å²) in [5, 5.41) is 13.9. The van der Waals surface area contributed by atoms with Crippen LogP contribution in [0.25, 0.3) is 11.3 Å². The second-order valence-electron chi connectivity index (χ2n) is 5.44. The molecule has 0 fully saturated rings. The number of carbonyl (C=O) groups is 2. The first-order chi connectivity index (χ1) is 12.9. The Bertz CT molecular complexity index is 989. The number of hydrogen-bond donors (Lipinski definition) is 3. The number of phenols is 1. The van der Waals surface area contributed by atoms with Crippen LogP contribution in [0.2, 0.25) is 0 Å². The third kappa shape index (κ3) is 4.59. The van der Waals surface area contributed by atoms with Crippen LogP contribution in [0, 0.1) is 5.82 Å². The number of ether oxygens (including phenoxy) is 1. The third-order valence-corrected chi connectivity index (χ3v) is 4.24. The fraction of sp³-hybridized carbons (Fsp3) is 0.0556. The molecule has 0 saturated carbocycles. The summed E-state index contributed by atoms with van der Waals surface area (Å²) in [6, 6.07) is 9.65. The van der Waals surface area contributed by atoms with Crippen LogP contribution in [-0.4, -0.2) is 28.6 Å². The Morgan fingerprint density at radius 3 is 2.70 bits per heavy atom. The van der Waals surface area contributed by atoms with Gasteiger partial charge in [0.25, 0.3) is 5.91 Å². The predicted octanol–water partition coefficient (Wildman–Crippen LogP) is 3.03. The number of anilines is 2. The van der Waals surface area contributed by atoms with Crippen molar-refractivity contribution >= 4 is 34.0 Å². The van der Waals surface area contributed by atoms with Gasteiger partial charge in [-0.05, 0) is 42.5 Å². The van der Waals surface area contributed by atoms with Gasteiger partial charge in [0, 0.05) is 16.6 Å². The molecule has 138 valence electrons. The van der Waals surface area contributed by atoms with Crippen LogP contribution >= 0.6 is 11.3 Å². The van der Waals surface area contributed by atoms with Crippen molar-refractivity contribution in [2.45, 2.75) is 0 Å². The lowest BCUT2D eigenvalue weighted by Gasteiger charge is -2.07. The number of nitrogen functional groups attached to an aromatic ring is 1. The number of aromatic nitrogens is 1. The minimum Gasteiger partial charge on any atom is -0.508 e. The molecule has 0 saturated heterocycles. The van der Waals surface area contributed by atoms with E-state index in [-0.39, 0.29) is 22.8 Å². The number of rotatable bonds is 5. The van der Waals surface area contributed by atoms with Crippen molar-refractivity contribution in [2.24, 2.45) is 0 Å². The van der Waals surface area contributed by atoms with E-state index in [1.165, 1.54) is 35.6 Å². The molecule has 0 bridgehead atoms. The molecule has 0 unspecified atom stereocenters. The summed E-state index contributed by atoms with van der Waals surface area (Å²) >= 11 is 1.18. The van der Waals surface area contributed by atoms with Crippen molar-refractivity contribution in [3.05, 3.63) is 59.2 Å². The van der Waals surface area contributed by atoms with Crippen LogP contribution in [-0.2, 0) is 9.53 Å². The van der Waals surface area contributed by atoms with Gasteiger partial charge in [0.2, 0.25) is 0 Å². The lowest BCUT2D eigenvalue weighted by Crippen LogP contribution is -2.21. The Morgan fingerprint density at radius 1 is 1.22 bits per heavy atom.